The van der Waals surface area contributed by atoms with Crippen LogP contribution >= 0.6 is 23.5 Å². The van der Waals surface area contributed by atoms with Crippen molar-refractivity contribution in [2.75, 3.05) is 6.26 Å². The average molecular weight is 343 g/mol. The molecule has 0 aromatic heterocycles. The zero-order chi connectivity index (χ0) is 16.2. The monoisotopic (exact) mass is 342 g/mol. The van der Waals surface area contributed by atoms with E-state index >= 15 is 0 Å². The second-order valence-corrected chi connectivity index (χ2v) is 9.65. The molecule has 0 aromatic rings. The molecule has 0 heterocycles. The van der Waals surface area contributed by atoms with Gasteiger partial charge in [-0.2, -0.15) is 23.5 Å². The molecule has 22 heavy (non-hydrogen) atoms. The summed E-state index contributed by atoms with van der Waals surface area (Å²) in [5.41, 5.74) is 0.166. The molecular weight excluding hydrogens is 312 g/mol. The molecule has 2 aliphatic carbocycles. The second kappa shape index (κ2) is 8.14. The van der Waals surface area contributed by atoms with Crippen molar-refractivity contribution in [3.05, 3.63) is 12.2 Å². The molecule has 0 aromatic carbocycles. The molecule has 2 nitrogen and oxygen atoms in total. The Hall–Kier alpha value is -0.0900. The van der Waals surface area contributed by atoms with Crippen LogP contribution in [0.5, 0.6) is 0 Å². The summed E-state index contributed by atoms with van der Waals surface area (Å²) in [6.45, 7) is 7.54. The molecule has 0 radical (unpaired) electrons. The Morgan fingerprint density at radius 3 is 2.45 bits per heavy atom. The first kappa shape index (κ1) is 18.3. The Kier molecular flexibility index (Phi) is 6.75. The van der Waals surface area contributed by atoms with E-state index in [9.17, 15) is 4.79 Å². The first-order valence-corrected chi connectivity index (χ1v) is 10.7. The maximum absolute atomic E-state index is 11.9. The maximum atomic E-state index is 11.9. The summed E-state index contributed by atoms with van der Waals surface area (Å²) in [7, 11) is 0. The number of hydrogen-bond acceptors (Lipinski definition) is 4. The van der Waals surface area contributed by atoms with Crippen LogP contribution in [-0.4, -0.2) is 33.6 Å². The van der Waals surface area contributed by atoms with Gasteiger partial charge in [-0.05, 0) is 52.2 Å². The first-order valence-electron chi connectivity index (χ1n) is 8.51. The number of carbonyl (C=O) groups is 1. The lowest BCUT2D eigenvalue weighted by Crippen LogP contribution is -2.47. The highest BCUT2D eigenvalue weighted by Crippen LogP contribution is 2.44. The highest BCUT2D eigenvalue weighted by molar-refractivity contribution is 8.01. The fourth-order valence-corrected chi connectivity index (χ4v) is 6.49. The summed E-state index contributed by atoms with van der Waals surface area (Å²) in [6.07, 6.45) is 12.5. The number of hydrogen-bond donors (Lipinski definition) is 0. The van der Waals surface area contributed by atoms with Gasteiger partial charge in [0, 0.05) is 21.3 Å². The minimum Gasteiger partial charge on any atom is -0.455 e. The van der Waals surface area contributed by atoms with Crippen molar-refractivity contribution in [2.45, 2.75) is 86.6 Å². The van der Waals surface area contributed by atoms with Gasteiger partial charge in [-0.3, -0.25) is 0 Å². The Morgan fingerprint density at radius 2 is 1.86 bits per heavy atom. The summed E-state index contributed by atoms with van der Waals surface area (Å²) in [6, 6.07) is 0. The summed E-state index contributed by atoms with van der Waals surface area (Å²) < 4.78 is 5.81. The van der Waals surface area contributed by atoms with Gasteiger partial charge in [-0.15, -0.1) is 0 Å². The highest BCUT2D eigenvalue weighted by Gasteiger charge is 2.43. The molecule has 0 N–H and O–H groups in total. The van der Waals surface area contributed by atoms with E-state index in [-0.39, 0.29) is 11.6 Å². The molecule has 2 rings (SSSR count). The van der Waals surface area contributed by atoms with E-state index in [4.69, 9.17) is 4.74 Å². The minimum absolute atomic E-state index is 0.236. The van der Waals surface area contributed by atoms with E-state index in [0.717, 1.165) is 29.8 Å². The van der Waals surface area contributed by atoms with E-state index in [1.54, 1.807) is 6.92 Å². The molecular formula is C18H30O2S2. The van der Waals surface area contributed by atoms with Crippen LogP contribution in [0, 0.1) is 0 Å². The summed E-state index contributed by atoms with van der Waals surface area (Å²) in [5, 5.41) is 1.99. The Bertz CT molecular complexity index is 404. The lowest BCUT2D eigenvalue weighted by Gasteiger charge is -2.43. The van der Waals surface area contributed by atoms with Crippen molar-refractivity contribution < 1.29 is 9.53 Å². The fourth-order valence-electron chi connectivity index (χ4n) is 3.57. The molecule has 0 spiro atoms. The number of thioether (sulfide) groups is 2. The Balaban J connectivity index is 1.92. The molecule has 3 atom stereocenters. The zero-order valence-corrected chi connectivity index (χ0v) is 15.9. The minimum atomic E-state index is -0.334. The van der Waals surface area contributed by atoms with E-state index in [1.807, 2.05) is 11.8 Å². The summed E-state index contributed by atoms with van der Waals surface area (Å²) >= 11 is 4.07. The van der Waals surface area contributed by atoms with Gasteiger partial charge in [0.1, 0.15) is 5.60 Å². The molecule has 0 aliphatic heterocycles. The van der Waals surface area contributed by atoms with E-state index in [1.165, 1.54) is 32.1 Å². The largest absolute Gasteiger partial charge is 0.455 e. The van der Waals surface area contributed by atoms with Crippen LogP contribution in [-0.2, 0) is 9.53 Å². The van der Waals surface area contributed by atoms with Gasteiger partial charge in [0.2, 0.25) is 0 Å². The third kappa shape index (κ3) is 4.70. The first-order chi connectivity index (χ1) is 10.4. The van der Waals surface area contributed by atoms with E-state index in [0.29, 0.717) is 10.8 Å². The van der Waals surface area contributed by atoms with Crippen LogP contribution in [0.25, 0.3) is 0 Å². The van der Waals surface area contributed by atoms with E-state index in [2.05, 4.69) is 31.5 Å². The van der Waals surface area contributed by atoms with Crippen LogP contribution in [0.3, 0.4) is 0 Å². The number of carbonyl (C=O) groups excluding carboxylic acids is 1. The molecule has 3 unspecified atom stereocenters. The normalized spacial score (nSPS) is 33.4. The maximum Gasteiger partial charge on any atom is 0.333 e. The van der Waals surface area contributed by atoms with Crippen LogP contribution in [0.15, 0.2) is 12.2 Å². The standard InChI is InChI=1S/C18H30O2S2/c1-13(2)17(19)20-18(3)11-10-15(12-16(18)21-4)22-14-8-6-5-7-9-14/h14-16H,1,5-12H2,2-4H3. The van der Waals surface area contributed by atoms with Crippen molar-refractivity contribution in [3.63, 3.8) is 0 Å². The molecule has 0 saturated heterocycles. The SMILES string of the molecule is C=C(C)C(=O)OC1(C)CCC(SC2CCCCC2)CC1SC. The molecule has 0 amide bonds. The van der Waals surface area contributed by atoms with Gasteiger partial charge in [-0.1, -0.05) is 25.8 Å². The Labute approximate surface area is 144 Å². The molecule has 2 saturated carbocycles. The van der Waals surface area contributed by atoms with Gasteiger partial charge in [0.15, 0.2) is 0 Å². The molecule has 4 heteroatoms. The number of ether oxygens (including phenoxy) is 1. The van der Waals surface area contributed by atoms with Gasteiger partial charge in [0.25, 0.3) is 0 Å². The van der Waals surface area contributed by atoms with Gasteiger partial charge in [0.05, 0.1) is 0 Å². The van der Waals surface area contributed by atoms with Gasteiger partial charge < -0.3 is 4.74 Å². The quantitative estimate of drug-likeness (QED) is 0.506. The zero-order valence-electron chi connectivity index (χ0n) is 14.2. The predicted molar refractivity (Wildman–Crippen MR) is 98.7 cm³/mol. The fraction of sp³-hybridized carbons (Fsp3) is 0.833. The van der Waals surface area contributed by atoms with Crippen LogP contribution in [0.4, 0.5) is 0 Å². The highest BCUT2D eigenvalue weighted by atomic mass is 32.2. The second-order valence-electron chi connectivity index (χ2n) is 7.00. The number of esters is 1. The smallest absolute Gasteiger partial charge is 0.333 e. The van der Waals surface area contributed by atoms with Crippen LogP contribution in [0.2, 0.25) is 0 Å². The number of rotatable bonds is 5. The van der Waals surface area contributed by atoms with Crippen molar-refractivity contribution in [1.82, 2.24) is 0 Å². The summed E-state index contributed by atoms with van der Waals surface area (Å²) in [5.74, 6) is -0.236. The Morgan fingerprint density at radius 1 is 1.18 bits per heavy atom. The molecule has 2 aliphatic rings. The van der Waals surface area contributed by atoms with Crippen LogP contribution < -0.4 is 0 Å². The molecule has 2 fully saturated rings. The van der Waals surface area contributed by atoms with Crippen molar-refractivity contribution in [1.29, 1.82) is 0 Å². The van der Waals surface area contributed by atoms with Crippen LogP contribution in [0.1, 0.15) is 65.2 Å². The molecule has 0 bridgehead atoms. The van der Waals surface area contributed by atoms with Crippen molar-refractivity contribution in [2.24, 2.45) is 0 Å². The third-order valence-corrected chi connectivity index (χ3v) is 7.95. The van der Waals surface area contributed by atoms with Crippen molar-refractivity contribution >= 4 is 29.5 Å². The lowest BCUT2D eigenvalue weighted by molar-refractivity contribution is -0.155. The van der Waals surface area contributed by atoms with Crippen molar-refractivity contribution in [3.8, 4) is 0 Å². The van der Waals surface area contributed by atoms with Gasteiger partial charge in [-0.25, -0.2) is 4.79 Å². The molecule has 126 valence electrons. The topological polar surface area (TPSA) is 26.3 Å². The summed E-state index contributed by atoms with van der Waals surface area (Å²) in [4.78, 5) is 11.9. The lowest BCUT2D eigenvalue weighted by atomic mass is 9.85. The predicted octanol–water partition coefficient (Wildman–Crippen LogP) is 5.21. The average Bonchev–Trinajstić information content (AvgIpc) is 2.50. The van der Waals surface area contributed by atoms with E-state index < -0.39 is 0 Å². The third-order valence-electron chi connectivity index (χ3n) is 5.02. The van der Waals surface area contributed by atoms with Gasteiger partial charge >= 0.3 is 5.97 Å².